The van der Waals surface area contributed by atoms with Crippen LogP contribution in [-0.2, 0) is 14.0 Å². The van der Waals surface area contributed by atoms with Crippen molar-refractivity contribution in [3.63, 3.8) is 0 Å². The molecule has 0 heterocycles. The smallest absolute Gasteiger partial charge is 0.386 e. The molecular formula is C6H15BO3S2. The highest BCUT2D eigenvalue weighted by Gasteiger charge is 2.19. The molecule has 0 aromatic carbocycles. The molecule has 0 saturated heterocycles. The Bertz CT molecular complexity index is 88.9. The standard InChI is InChI=1S/C6H15BO3S2/c1-2-8-7(9-3-5-11)10-4-6-12/h11-12H,2-6H2,1H3. The molecule has 0 N–H and O–H groups in total. The molecule has 3 nitrogen and oxygen atoms in total. The summed E-state index contributed by atoms with van der Waals surface area (Å²) in [6.07, 6.45) is 0. The molecule has 0 radical (unpaired) electrons. The Hall–Kier alpha value is 0.645. The van der Waals surface area contributed by atoms with E-state index in [2.05, 4.69) is 25.3 Å². The Morgan fingerprint density at radius 3 is 1.83 bits per heavy atom. The van der Waals surface area contributed by atoms with Gasteiger partial charge in [0.2, 0.25) is 0 Å². The minimum absolute atomic E-state index is 0.528. The van der Waals surface area contributed by atoms with Crippen molar-refractivity contribution in [3.8, 4) is 0 Å². The van der Waals surface area contributed by atoms with Crippen molar-refractivity contribution in [2.75, 3.05) is 31.3 Å². The molecule has 0 atom stereocenters. The van der Waals surface area contributed by atoms with Crippen LogP contribution in [0.15, 0.2) is 0 Å². The Morgan fingerprint density at radius 1 is 1.00 bits per heavy atom. The van der Waals surface area contributed by atoms with E-state index >= 15 is 0 Å². The average Bonchev–Trinajstić information content (AvgIpc) is 2.10. The van der Waals surface area contributed by atoms with Crippen LogP contribution in [0.25, 0.3) is 0 Å². The minimum Gasteiger partial charge on any atom is -0.386 e. The highest BCUT2D eigenvalue weighted by atomic mass is 32.1. The summed E-state index contributed by atoms with van der Waals surface area (Å²) in [5, 5.41) is 0. The van der Waals surface area contributed by atoms with Gasteiger partial charge < -0.3 is 14.0 Å². The first-order valence-electron chi connectivity index (χ1n) is 3.91. The summed E-state index contributed by atoms with van der Waals surface area (Å²) in [5.41, 5.74) is 0. The lowest BCUT2D eigenvalue weighted by Crippen LogP contribution is -2.28. The maximum absolute atomic E-state index is 5.18. The van der Waals surface area contributed by atoms with Crippen LogP contribution in [-0.4, -0.2) is 38.6 Å². The zero-order valence-corrected chi connectivity index (χ0v) is 9.02. The molecule has 12 heavy (non-hydrogen) atoms. The number of hydrogen-bond donors (Lipinski definition) is 2. The number of rotatable bonds is 8. The molecule has 6 heteroatoms. The summed E-state index contributed by atoms with van der Waals surface area (Å²) in [6.45, 7) is 3.52. The van der Waals surface area contributed by atoms with E-state index in [0.29, 0.717) is 31.3 Å². The Morgan fingerprint density at radius 2 is 1.50 bits per heavy atom. The summed E-state index contributed by atoms with van der Waals surface area (Å²) in [7, 11) is -0.561. The molecule has 0 aliphatic rings. The van der Waals surface area contributed by atoms with Crippen LogP contribution in [0.2, 0.25) is 0 Å². The van der Waals surface area contributed by atoms with Gasteiger partial charge in [-0.3, -0.25) is 0 Å². The Balaban J connectivity index is 3.40. The first-order chi connectivity index (χ1) is 5.85. The summed E-state index contributed by atoms with van der Waals surface area (Å²) < 4.78 is 15.5. The van der Waals surface area contributed by atoms with Gasteiger partial charge in [-0.05, 0) is 6.92 Å². The van der Waals surface area contributed by atoms with E-state index in [-0.39, 0.29) is 0 Å². The molecule has 0 aliphatic heterocycles. The van der Waals surface area contributed by atoms with Crippen LogP contribution in [0.4, 0.5) is 0 Å². The molecule has 0 unspecified atom stereocenters. The van der Waals surface area contributed by atoms with E-state index in [9.17, 15) is 0 Å². The van der Waals surface area contributed by atoms with Crippen molar-refractivity contribution in [1.29, 1.82) is 0 Å². The maximum Gasteiger partial charge on any atom is 0.639 e. The Labute approximate surface area is 85.1 Å². The molecule has 0 spiro atoms. The first-order valence-corrected chi connectivity index (χ1v) is 5.18. The second-order valence-electron chi connectivity index (χ2n) is 1.93. The van der Waals surface area contributed by atoms with Gasteiger partial charge >= 0.3 is 7.32 Å². The van der Waals surface area contributed by atoms with E-state index < -0.39 is 7.32 Å². The van der Waals surface area contributed by atoms with E-state index in [1.165, 1.54) is 0 Å². The zero-order chi connectivity index (χ0) is 9.23. The number of hydrogen-bond acceptors (Lipinski definition) is 5. The van der Waals surface area contributed by atoms with Crippen LogP contribution in [0.5, 0.6) is 0 Å². The van der Waals surface area contributed by atoms with Gasteiger partial charge in [-0.2, -0.15) is 25.3 Å². The largest absolute Gasteiger partial charge is 0.639 e. The normalized spacial score (nSPS) is 10.2. The Kier molecular flexibility index (Phi) is 10.3. The lowest BCUT2D eigenvalue weighted by molar-refractivity contribution is 0.109. The molecule has 0 rings (SSSR count). The summed E-state index contributed by atoms with van der Waals surface area (Å²) >= 11 is 8.01. The van der Waals surface area contributed by atoms with E-state index in [0.717, 1.165) is 0 Å². The molecule has 0 bridgehead atoms. The highest BCUT2D eigenvalue weighted by molar-refractivity contribution is 7.80. The van der Waals surface area contributed by atoms with Crippen molar-refractivity contribution in [2.45, 2.75) is 6.92 Å². The summed E-state index contributed by atoms with van der Waals surface area (Å²) in [6, 6.07) is 0. The van der Waals surface area contributed by atoms with Crippen LogP contribution in [0, 0.1) is 0 Å². The lowest BCUT2D eigenvalue weighted by atomic mass is 10.2. The van der Waals surface area contributed by atoms with Crippen molar-refractivity contribution in [2.24, 2.45) is 0 Å². The third kappa shape index (κ3) is 7.30. The maximum atomic E-state index is 5.18. The third-order valence-electron chi connectivity index (χ3n) is 0.993. The van der Waals surface area contributed by atoms with Crippen molar-refractivity contribution in [3.05, 3.63) is 0 Å². The molecule has 0 saturated carbocycles. The van der Waals surface area contributed by atoms with Crippen molar-refractivity contribution >= 4 is 32.6 Å². The SMILES string of the molecule is CCOB(OCCS)OCCS. The molecular weight excluding hydrogens is 195 g/mol. The minimum atomic E-state index is -0.561. The molecule has 0 aromatic rings. The summed E-state index contributed by atoms with van der Waals surface area (Å²) in [5.74, 6) is 1.32. The molecule has 0 amide bonds. The van der Waals surface area contributed by atoms with E-state index in [1.807, 2.05) is 6.92 Å². The monoisotopic (exact) mass is 210 g/mol. The van der Waals surface area contributed by atoms with Gasteiger partial charge in [-0.25, -0.2) is 0 Å². The first kappa shape index (κ1) is 12.6. The summed E-state index contributed by atoms with van der Waals surface area (Å²) in [4.78, 5) is 0. The van der Waals surface area contributed by atoms with Gasteiger partial charge in [0.15, 0.2) is 0 Å². The van der Waals surface area contributed by atoms with Crippen LogP contribution in [0.3, 0.4) is 0 Å². The molecule has 0 fully saturated rings. The molecule has 72 valence electrons. The van der Waals surface area contributed by atoms with Crippen molar-refractivity contribution in [1.82, 2.24) is 0 Å². The zero-order valence-electron chi connectivity index (χ0n) is 7.23. The molecule has 0 aliphatic carbocycles. The van der Waals surface area contributed by atoms with E-state index in [4.69, 9.17) is 14.0 Å². The van der Waals surface area contributed by atoms with E-state index in [1.54, 1.807) is 0 Å². The van der Waals surface area contributed by atoms with Gasteiger partial charge in [0.25, 0.3) is 0 Å². The van der Waals surface area contributed by atoms with Gasteiger partial charge in [0.05, 0.1) is 0 Å². The van der Waals surface area contributed by atoms with Gasteiger partial charge in [0.1, 0.15) is 0 Å². The second-order valence-corrected chi connectivity index (χ2v) is 2.83. The fraction of sp³-hybridized carbons (Fsp3) is 1.00. The fourth-order valence-corrected chi connectivity index (χ4v) is 0.789. The third-order valence-corrected chi connectivity index (χ3v) is 1.36. The topological polar surface area (TPSA) is 27.7 Å². The van der Waals surface area contributed by atoms with Crippen molar-refractivity contribution < 1.29 is 14.0 Å². The van der Waals surface area contributed by atoms with Gasteiger partial charge in [-0.1, -0.05) is 0 Å². The van der Waals surface area contributed by atoms with Gasteiger partial charge in [0, 0.05) is 31.3 Å². The molecule has 0 aromatic heterocycles. The predicted octanol–water partition coefficient (Wildman–Crippen LogP) is 0.901. The van der Waals surface area contributed by atoms with Gasteiger partial charge in [-0.15, -0.1) is 0 Å². The highest BCUT2D eigenvalue weighted by Crippen LogP contribution is 1.93. The van der Waals surface area contributed by atoms with Crippen LogP contribution in [0.1, 0.15) is 6.92 Å². The average molecular weight is 210 g/mol. The van der Waals surface area contributed by atoms with Crippen LogP contribution >= 0.6 is 25.3 Å². The lowest BCUT2D eigenvalue weighted by Gasteiger charge is -2.11. The quantitative estimate of drug-likeness (QED) is 0.460. The number of thiol groups is 2. The predicted molar refractivity (Wildman–Crippen MR) is 57.0 cm³/mol. The second kappa shape index (κ2) is 9.73. The fourth-order valence-electron chi connectivity index (χ4n) is 0.578. The van der Waals surface area contributed by atoms with Crippen LogP contribution < -0.4 is 0 Å².